The van der Waals surface area contributed by atoms with Gasteiger partial charge in [-0.15, -0.1) is 0 Å². The van der Waals surface area contributed by atoms with Gasteiger partial charge < -0.3 is 0 Å². The molecule has 0 atom stereocenters. The topological polar surface area (TPSA) is 95.6 Å². The highest BCUT2D eigenvalue weighted by atomic mass is 32.2. The van der Waals surface area contributed by atoms with Crippen molar-refractivity contribution in [2.24, 2.45) is 5.92 Å². The summed E-state index contributed by atoms with van der Waals surface area (Å²) in [6.45, 7) is 0.502. The van der Waals surface area contributed by atoms with E-state index in [2.05, 4.69) is 10.9 Å². The van der Waals surface area contributed by atoms with Crippen molar-refractivity contribution in [1.82, 2.24) is 15.2 Å². The number of sulfonamides is 1. The van der Waals surface area contributed by atoms with Crippen LogP contribution in [0.25, 0.3) is 0 Å². The van der Waals surface area contributed by atoms with Gasteiger partial charge in [0.2, 0.25) is 21.8 Å². The molecule has 32 heavy (non-hydrogen) atoms. The third kappa shape index (κ3) is 4.99. The van der Waals surface area contributed by atoms with Crippen LogP contribution in [0.5, 0.6) is 0 Å². The van der Waals surface area contributed by atoms with Crippen LogP contribution < -0.4 is 10.9 Å². The number of hydrazine groups is 1. The van der Waals surface area contributed by atoms with Gasteiger partial charge in [-0.2, -0.15) is 4.31 Å². The number of carbonyl (C=O) groups is 2. The average molecular weight is 460 g/mol. The standard InChI is InChI=1S/C23H26FN3O4S/c24-20-7-4-16(5-8-20)14-22(28)25-26-23(29)18-10-12-27(13-11-18)32(30,31)21-9-6-17-2-1-3-19(17)15-21/h4-9,15,18H,1-3,10-14H2,(H,25,28)(H,26,29). The molecule has 1 aliphatic carbocycles. The van der Waals surface area contributed by atoms with Crippen LogP contribution in [-0.4, -0.2) is 37.6 Å². The molecule has 1 fully saturated rings. The second-order valence-electron chi connectivity index (χ2n) is 8.30. The molecule has 170 valence electrons. The molecule has 0 bridgehead atoms. The van der Waals surface area contributed by atoms with Crippen LogP contribution in [0.2, 0.25) is 0 Å². The van der Waals surface area contributed by atoms with Crippen molar-refractivity contribution >= 4 is 21.8 Å². The second kappa shape index (κ2) is 9.38. The van der Waals surface area contributed by atoms with Crippen LogP contribution in [0, 0.1) is 11.7 Å². The number of benzene rings is 2. The monoisotopic (exact) mass is 459 g/mol. The van der Waals surface area contributed by atoms with E-state index in [0.29, 0.717) is 23.3 Å². The third-order valence-corrected chi connectivity index (χ3v) is 8.03. The Morgan fingerprint density at radius 1 is 0.969 bits per heavy atom. The number of hydrogen-bond acceptors (Lipinski definition) is 4. The highest BCUT2D eigenvalue weighted by Crippen LogP contribution is 2.28. The Hall–Kier alpha value is -2.78. The predicted molar refractivity (Wildman–Crippen MR) is 116 cm³/mol. The minimum Gasteiger partial charge on any atom is -0.273 e. The number of amides is 2. The number of halogens is 1. The van der Waals surface area contributed by atoms with E-state index in [-0.39, 0.29) is 37.2 Å². The second-order valence-corrected chi connectivity index (χ2v) is 10.2. The van der Waals surface area contributed by atoms with E-state index in [1.165, 1.54) is 34.1 Å². The van der Waals surface area contributed by atoms with Crippen molar-refractivity contribution in [3.63, 3.8) is 0 Å². The van der Waals surface area contributed by atoms with Crippen LogP contribution in [0.15, 0.2) is 47.4 Å². The lowest BCUT2D eigenvalue weighted by Gasteiger charge is -2.30. The Bertz CT molecular complexity index is 1110. The van der Waals surface area contributed by atoms with Crippen LogP contribution in [-0.2, 0) is 38.9 Å². The summed E-state index contributed by atoms with van der Waals surface area (Å²) in [6, 6.07) is 10.9. The smallest absolute Gasteiger partial charge is 0.243 e. The first-order chi connectivity index (χ1) is 15.3. The summed E-state index contributed by atoms with van der Waals surface area (Å²) >= 11 is 0. The quantitative estimate of drug-likeness (QED) is 0.670. The Kier molecular flexibility index (Phi) is 6.57. The molecule has 1 aliphatic heterocycles. The lowest BCUT2D eigenvalue weighted by Crippen LogP contribution is -2.48. The van der Waals surface area contributed by atoms with Crippen LogP contribution in [0.3, 0.4) is 0 Å². The van der Waals surface area contributed by atoms with Gasteiger partial charge in [0.25, 0.3) is 0 Å². The van der Waals surface area contributed by atoms with Crippen LogP contribution in [0.1, 0.15) is 36.0 Å². The maximum atomic E-state index is 13.0. The summed E-state index contributed by atoms with van der Waals surface area (Å²) < 4.78 is 40.4. The van der Waals surface area contributed by atoms with Gasteiger partial charge in [0.15, 0.2) is 0 Å². The number of rotatable bonds is 5. The molecule has 7 nitrogen and oxygen atoms in total. The number of nitrogens with zero attached hydrogens (tertiary/aromatic N) is 1. The Morgan fingerprint density at radius 3 is 2.38 bits per heavy atom. The maximum absolute atomic E-state index is 13.0. The number of aryl methyl sites for hydroxylation is 2. The summed E-state index contributed by atoms with van der Waals surface area (Å²) in [5.74, 6) is -1.52. The number of piperidine rings is 1. The van der Waals surface area contributed by atoms with E-state index in [4.69, 9.17) is 0 Å². The number of fused-ring (bicyclic) bond motifs is 1. The zero-order valence-electron chi connectivity index (χ0n) is 17.6. The van der Waals surface area contributed by atoms with E-state index in [0.717, 1.165) is 24.8 Å². The van der Waals surface area contributed by atoms with Gasteiger partial charge in [-0.25, -0.2) is 12.8 Å². The van der Waals surface area contributed by atoms with Crippen molar-refractivity contribution in [2.45, 2.75) is 43.4 Å². The molecule has 1 heterocycles. The molecule has 0 unspecified atom stereocenters. The average Bonchev–Trinajstić information content (AvgIpc) is 3.27. The third-order valence-electron chi connectivity index (χ3n) is 6.14. The largest absolute Gasteiger partial charge is 0.273 e. The van der Waals surface area contributed by atoms with E-state index in [1.54, 1.807) is 12.1 Å². The Balaban J connectivity index is 1.27. The summed E-state index contributed by atoms with van der Waals surface area (Å²) in [5.41, 5.74) is 7.75. The van der Waals surface area contributed by atoms with Crippen molar-refractivity contribution < 1.29 is 22.4 Å². The first-order valence-electron chi connectivity index (χ1n) is 10.8. The molecule has 2 N–H and O–H groups in total. The van der Waals surface area contributed by atoms with E-state index in [9.17, 15) is 22.4 Å². The molecule has 0 saturated carbocycles. The Morgan fingerprint density at radius 2 is 1.66 bits per heavy atom. The van der Waals surface area contributed by atoms with Gasteiger partial charge in [0.1, 0.15) is 5.82 Å². The number of carbonyl (C=O) groups excluding carboxylic acids is 2. The van der Waals surface area contributed by atoms with Crippen molar-refractivity contribution in [3.8, 4) is 0 Å². The predicted octanol–water partition coefficient (Wildman–Crippen LogP) is 2.11. The lowest BCUT2D eigenvalue weighted by molar-refractivity contribution is -0.131. The fourth-order valence-corrected chi connectivity index (χ4v) is 5.80. The molecule has 2 aromatic carbocycles. The van der Waals surface area contributed by atoms with Crippen LogP contribution in [0.4, 0.5) is 4.39 Å². The fourth-order valence-electron chi connectivity index (χ4n) is 4.28. The normalized spacial score (nSPS) is 17.0. The highest BCUT2D eigenvalue weighted by Gasteiger charge is 2.32. The number of nitrogens with one attached hydrogen (secondary N) is 2. The molecule has 0 radical (unpaired) electrons. The molecule has 4 rings (SSSR count). The lowest BCUT2D eigenvalue weighted by atomic mass is 9.98. The summed E-state index contributed by atoms with van der Waals surface area (Å²) in [7, 11) is -3.59. The molecule has 9 heteroatoms. The molecule has 0 spiro atoms. The molecule has 2 amide bonds. The first-order valence-corrected chi connectivity index (χ1v) is 12.2. The molecule has 0 aromatic heterocycles. The Labute approximate surface area is 187 Å². The van der Waals surface area contributed by atoms with Gasteiger partial charge in [-0.05, 0) is 73.1 Å². The zero-order chi connectivity index (χ0) is 22.7. The summed E-state index contributed by atoms with van der Waals surface area (Å²) in [5, 5.41) is 0. The summed E-state index contributed by atoms with van der Waals surface area (Å²) in [6.07, 6.45) is 3.73. The van der Waals surface area contributed by atoms with E-state index >= 15 is 0 Å². The van der Waals surface area contributed by atoms with Gasteiger partial charge >= 0.3 is 0 Å². The van der Waals surface area contributed by atoms with Crippen molar-refractivity contribution in [1.29, 1.82) is 0 Å². The van der Waals surface area contributed by atoms with Crippen molar-refractivity contribution in [2.75, 3.05) is 13.1 Å². The minimum atomic E-state index is -3.59. The minimum absolute atomic E-state index is 0.0119. The highest BCUT2D eigenvalue weighted by molar-refractivity contribution is 7.89. The molecule has 2 aliphatic rings. The SMILES string of the molecule is O=C(Cc1ccc(F)cc1)NNC(=O)C1CCN(S(=O)(=O)c2ccc3c(c2)CCC3)CC1. The van der Waals surface area contributed by atoms with E-state index in [1.807, 2.05) is 6.07 Å². The van der Waals surface area contributed by atoms with Crippen molar-refractivity contribution in [3.05, 3.63) is 65.0 Å². The maximum Gasteiger partial charge on any atom is 0.243 e. The molecule has 2 aromatic rings. The van der Waals surface area contributed by atoms with Crippen LogP contribution >= 0.6 is 0 Å². The molecular weight excluding hydrogens is 433 g/mol. The van der Waals surface area contributed by atoms with Gasteiger partial charge in [-0.1, -0.05) is 18.2 Å². The number of hydrogen-bond donors (Lipinski definition) is 2. The summed E-state index contributed by atoms with van der Waals surface area (Å²) in [4.78, 5) is 24.7. The molecule has 1 saturated heterocycles. The van der Waals surface area contributed by atoms with Gasteiger partial charge in [-0.3, -0.25) is 20.4 Å². The molecular formula is C23H26FN3O4S. The van der Waals surface area contributed by atoms with E-state index < -0.39 is 15.9 Å². The fraction of sp³-hybridized carbons (Fsp3) is 0.391. The zero-order valence-corrected chi connectivity index (χ0v) is 18.5. The first kappa shape index (κ1) is 22.4. The van der Waals surface area contributed by atoms with Gasteiger partial charge in [0, 0.05) is 19.0 Å². The van der Waals surface area contributed by atoms with Gasteiger partial charge in [0.05, 0.1) is 11.3 Å².